The SMILES string of the molecule is CCCOC(=O)CCNCCNCCC(=O)OCCC.[Cl-].[Cl-].[Cl-].[Cl-].[Pt+4]. The number of rotatable bonds is 13. The van der Waals surface area contributed by atoms with E-state index in [1.807, 2.05) is 13.8 Å². The fourth-order valence-corrected chi connectivity index (χ4v) is 1.38. The summed E-state index contributed by atoms with van der Waals surface area (Å²) in [7, 11) is 0. The van der Waals surface area contributed by atoms with E-state index < -0.39 is 0 Å². The van der Waals surface area contributed by atoms with Crippen LogP contribution in [0, 0.1) is 0 Å². The third-order valence-electron chi connectivity index (χ3n) is 2.42. The molecule has 156 valence electrons. The van der Waals surface area contributed by atoms with E-state index in [0.29, 0.717) is 39.1 Å². The fraction of sp³-hybridized carbons (Fsp3) is 0.857. The zero-order valence-corrected chi connectivity index (χ0v) is 19.8. The molecule has 0 amide bonds. The van der Waals surface area contributed by atoms with Crippen LogP contribution in [0.3, 0.4) is 0 Å². The van der Waals surface area contributed by atoms with E-state index in [1.165, 1.54) is 0 Å². The molecule has 0 aromatic rings. The third-order valence-corrected chi connectivity index (χ3v) is 2.42. The predicted molar refractivity (Wildman–Crippen MR) is 77.5 cm³/mol. The van der Waals surface area contributed by atoms with Crippen molar-refractivity contribution in [3.05, 3.63) is 0 Å². The van der Waals surface area contributed by atoms with Crippen molar-refractivity contribution in [3.8, 4) is 0 Å². The molecule has 2 N–H and O–H groups in total. The molecule has 11 heteroatoms. The van der Waals surface area contributed by atoms with Crippen molar-refractivity contribution in [2.75, 3.05) is 39.4 Å². The van der Waals surface area contributed by atoms with Gasteiger partial charge < -0.3 is 69.7 Å². The van der Waals surface area contributed by atoms with Gasteiger partial charge in [0.2, 0.25) is 0 Å². The van der Waals surface area contributed by atoms with Gasteiger partial charge in [-0.05, 0) is 12.8 Å². The van der Waals surface area contributed by atoms with Crippen molar-refractivity contribution in [1.29, 1.82) is 0 Å². The Labute approximate surface area is 190 Å². The number of halogens is 4. The molecule has 0 atom stereocenters. The van der Waals surface area contributed by atoms with Gasteiger partial charge in [-0.3, -0.25) is 9.59 Å². The van der Waals surface area contributed by atoms with E-state index in [1.54, 1.807) is 0 Å². The molecular weight excluding hydrogens is 597 g/mol. The van der Waals surface area contributed by atoms with Gasteiger partial charge in [0.1, 0.15) is 0 Å². The molecule has 0 aromatic heterocycles. The second kappa shape index (κ2) is 32.4. The van der Waals surface area contributed by atoms with Gasteiger partial charge in [0.25, 0.3) is 0 Å². The first-order chi connectivity index (χ1) is 9.70. The number of esters is 2. The van der Waals surface area contributed by atoms with Crippen molar-refractivity contribution in [2.24, 2.45) is 0 Å². The number of nitrogens with one attached hydrogen (secondary N) is 2. The van der Waals surface area contributed by atoms with Crippen LogP contribution in [0.4, 0.5) is 0 Å². The van der Waals surface area contributed by atoms with E-state index in [4.69, 9.17) is 9.47 Å². The summed E-state index contributed by atoms with van der Waals surface area (Å²) in [5.41, 5.74) is 0. The second-order valence-corrected chi connectivity index (χ2v) is 4.44. The van der Waals surface area contributed by atoms with Crippen molar-refractivity contribution in [1.82, 2.24) is 10.6 Å². The quantitative estimate of drug-likeness (QED) is 0.157. The van der Waals surface area contributed by atoms with Gasteiger partial charge in [-0.25, -0.2) is 0 Å². The monoisotopic (exact) mass is 623 g/mol. The maximum Gasteiger partial charge on any atom is 4.00 e. The summed E-state index contributed by atoms with van der Waals surface area (Å²) in [6, 6.07) is 0. The Balaban J connectivity index is -0.000000180. The first-order valence-electron chi connectivity index (χ1n) is 7.43. The van der Waals surface area contributed by atoms with Crippen LogP contribution < -0.4 is 60.3 Å². The molecule has 25 heavy (non-hydrogen) atoms. The number of hydrogen-bond donors (Lipinski definition) is 2. The van der Waals surface area contributed by atoms with Crippen molar-refractivity contribution in [2.45, 2.75) is 39.5 Å². The van der Waals surface area contributed by atoms with Crippen LogP contribution in [-0.2, 0) is 40.1 Å². The molecule has 0 heterocycles. The minimum atomic E-state index is -0.161. The smallest absolute Gasteiger partial charge is 1.00 e. The first-order valence-corrected chi connectivity index (χ1v) is 7.43. The van der Waals surface area contributed by atoms with Crippen LogP contribution in [0.25, 0.3) is 0 Å². The zero-order valence-electron chi connectivity index (χ0n) is 14.5. The summed E-state index contributed by atoms with van der Waals surface area (Å²) in [6.45, 7) is 7.66. The van der Waals surface area contributed by atoms with Crippen LogP contribution in [0.15, 0.2) is 0 Å². The Hall–Kier alpha value is 0.708. The van der Waals surface area contributed by atoms with E-state index in [2.05, 4.69) is 10.6 Å². The molecule has 0 spiro atoms. The molecule has 0 saturated carbocycles. The van der Waals surface area contributed by atoms with E-state index in [9.17, 15) is 9.59 Å². The summed E-state index contributed by atoms with van der Waals surface area (Å²) < 4.78 is 9.90. The Morgan fingerprint density at radius 3 is 1.28 bits per heavy atom. The largest absolute Gasteiger partial charge is 4.00 e. The summed E-state index contributed by atoms with van der Waals surface area (Å²) in [4.78, 5) is 22.3. The number of carbonyl (C=O) groups is 2. The summed E-state index contributed by atoms with van der Waals surface area (Å²) in [5, 5.41) is 6.27. The molecule has 0 aliphatic heterocycles. The molecule has 0 fully saturated rings. The third kappa shape index (κ3) is 32.8. The molecule has 0 radical (unpaired) electrons. The minimum absolute atomic E-state index is 0. The standard InChI is InChI=1S/C14H28N2O4.4ClH.Pt/c1-3-11-19-13(17)5-7-15-9-10-16-8-6-14(18)20-12-4-2;;;;;/h15-16H,3-12H2,1-2H3;4*1H;/q;;;;;+4/p-4. The molecule has 6 nitrogen and oxygen atoms in total. The number of hydrogen-bond acceptors (Lipinski definition) is 6. The Kier molecular flexibility index (Phi) is 52.3. The fourth-order valence-electron chi connectivity index (χ4n) is 1.38. The molecule has 0 unspecified atom stereocenters. The van der Waals surface area contributed by atoms with Gasteiger partial charge in [0.15, 0.2) is 0 Å². The maximum atomic E-state index is 11.2. The van der Waals surface area contributed by atoms with Crippen LogP contribution in [0.5, 0.6) is 0 Å². The van der Waals surface area contributed by atoms with E-state index >= 15 is 0 Å². The predicted octanol–water partition coefficient (Wildman–Crippen LogP) is -11.1. The van der Waals surface area contributed by atoms with Crippen LogP contribution in [0.1, 0.15) is 39.5 Å². The summed E-state index contributed by atoms with van der Waals surface area (Å²) in [5.74, 6) is -0.322. The molecule has 0 rings (SSSR count). The van der Waals surface area contributed by atoms with Crippen molar-refractivity contribution >= 4 is 11.9 Å². The second-order valence-electron chi connectivity index (χ2n) is 4.44. The Bertz CT molecular complexity index is 255. The van der Waals surface area contributed by atoms with Gasteiger partial charge in [-0.2, -0.15) is 0 Å². The first kappa shape index (κ1) is 40.4. The Morgan fingerprint density at radius 2 is 1.00 bits per heavy atom. The van der Waals surface area contributed by atoms with Crippen molar-refractivity contribution in [3.63, 3.8) is 0 Å². The van der Waals surface area contributed by atoms with E-state index in [0.717, 1.165) is 25.9 Å². The summed E-state index contributed by atoms with van der Waals surface area (Å²) in [6.07, 6.45) is 2.49. The van der Waals surface area contributed by atoms with Crippen LogP contribution in [0.2, 0.25) is 0 Å². The molecule has 0 bridgehead atoms. The van der Waals surface area contributed by atoms with Crippen LogP contribution in [-0.4, -0.2) is 51.3 Å². The van der Waals surface area contributed by atoms with Gasteiger partial charge in [0, 0.05) is 26.2 Å². The minimum Gasteiger partial charge on any atom is -1.00 e. The molecular formula is C14H28Cl4N2O4Pt. The average Bonchev–Trinajstić information content (AvgIpc) is 2.45. The molecule has 0 aliphatic rings. The number of carbonyl (C=O) groups excluding carboxylic acids is 2. The van der Waals surface area contributed by atoms with Gasteiger partial charge in [-0.15, -0.1) is 0 Å². The Morgan fingerprint density at radius 1 is 0.680 bits per heavy atom. The topological polar surface area (TPSA) is 76.7 Å². The maximum absolute atomic E-state index is 11.2. The van der Waals surface area contributed by atoms with Crippen molar-refractivity contribution < 1.29 is 89.8 Å². The molecule has 0 aromatic carbocycles. The number of ether oxygens (including phenoxy) is 2. The molecule has 0 aliphatic carbocycles. The van der Waals surface area contributed by atoms with Crippen LogP contribution >= 0.6 is 0 Å². The zero-order chi connectivity index (χ0) is 15.1. The average molecular weight is 625 g/mol. The van der Waals surface area contributed by atoms with Gasteiger partial charge in [0.05, 0.1) is 26.1 Å². The summed E-state index contributed by atoms with van der Waals surface area (Å²) >= 11 is 0. The normalized spacial score (nSPS) is 8.24. The van der Waals surface area contributed by atoms with E-state index in [-0.39, 0.29) is 82.6 Å². The van der Waals surface area contributed by atoms with Gasteiger partial charge in [-0.1, -0.05) is 13.8 Å². The molecule has 0 saturated heterocycles. The van der Waals surface area contributed by atoms with Gasteiger partial charge >= 0.3 is 33.0 Å².